The summed E-state index contributed by atoms with van der Waals surface area (Å²) in [7, 11) is 0. The summed E-state index contributed by atoms with van der Waals surface area (Å²) < 4.78 is 0. The Hall–Kier alpha value is -0.0800. The van der Waals surface area contributed by atoms with Crippen LogP contribution in [0.15, 0.2) is 0 Å². The van der Waals surface area contributed by atoms with Gasteiger partial charge in [-0.3, -0.25) is 0 Å². The van der Waals surface area contributed by atoms with E-state index in [0.717, 1.165) is 13.0 Å². The molecule has 0 amide bonds. The molecule has 0 atom stereocenters. The summed E-state index contributed by atoms with van der Waals surface area (Å²) in [6.07, 6.45) is 7.78. The zero-order valence-electron chi connectivity index (χ0n) is 10.0. The van der Waals surface area contributed by atoms with Gasteiger partial charge in [-0.15, -0.1) is 0 Å². The lowest BCUT2D eigenvalue weighted by molar-refractivity contribution is 0.348. The summed E-state index contributed by atoms with van der Waals surface area (Å²) in [6, 6.07) is 0. The van der Waals surface area contributed by atoms with Gasteiger partial charge in [0.1, 0.15) is 0 Å². The molecule has 84 valence electrons. The van der Waals surface area contributed by atoms with Gasteiger partial charge in [0, 0.05) is 11.1 Å². The maximum atomic E-state index is 5.93. The normalized spacial score (nSPS) is 21.4. The first-order chi connectivity index (χ1) is 6.41. The van der Waals surface area contributed by atoms with E-state index in [4.69, 9.17) is 5.73 Å². The molecule has 0 heterocycles. The maximum absolute atomic E-state index is 5.93. The number of nitrogens with one attached hydrogen (secondary N) is 1. The van der Waals surface area contributed by atoms with Crippen LogP contribution in [0.4, 0.5) is 0 Å². The van der Waals surface area contributed by atoms with Crippen LogP contribution in [0.3, 0.4) is 0 Å². The van der Waals surface area contributed by atoms with Crippen LogP contribution in [0.1, 0.15) is 59.3 Å². The zero-order chi connectivity index (χ0) is 10.7. The fourth-order valence-corrected chi connectivity index (χ4v) is 2.27. The minimum atomic E-state index is -0.00173. The molecule has 0 aromatic carbocycles. The zero-order valence-corrected chi connectivity index (χ0v) is 10.0. The van der Waals surface area contributed by atoms with E-state index in [1.807, 2.05) is 0 Å². The second-order valence-electron chi connectivity index (χ2n) is 5.79. The fourth-order valence-electron chi connectivity index (χ4n) is 2.27. The van der Waals surface area contributed by atoms with Gasteiger partial charge < -0.3 is 11.1 Å². The van der Waals surface area contributed by atoms with Gasteiger partial charge in [0.2, 0.25) is 0 Å². The number of hydrogen-bond donors (Lipinski definition) is 2. The SMILES string of the molecule is CC(C)(N)CCCNC1(C)CCCC1. The van der Waals surface area contributed by atoms with Crippen molar-refractivity contribution in [2.24, 2.45) is 5.73 Å². The Morgan fingerprint density at radius 2 is 1.86 bits per heavy atom. The van der Waals surface area contributed by atoms with E-state index < -0.39 is 0 Å². The molecule has 0 bridgehead atoms. The molecule has 1 aliphatic rings. The predicted octanol–water partition coefficient (Wildman–Crippen LogP) is 2.43. The van der Waals surface area contributed by atoms with Gasteiger partial charge in [0.25, 0.3) is 0 Å². The van der Waals surface area contributed by atoms with E-state index in [1.165, 1.54) is 32.1 Å². The first-order valence-electron chi connectivity index (χ1n) is 5.95. The molecule has 1 saturated carbocycles. The number of rotatable bonds is 5. The molecule has 0 aromatic heterocycles. The minimum absolute atomic E-state index is 0.00173. The summed E-state index contributed by atoms with van der Waals surface area (Å²) in [4.78, 5) is 0. The van der Waals surface area contributed by atoms with Crippen LogP contribution in [0.5, 0.6) is 0 Å². The van der Waals surface area contributed by atoms with Crippen molar-refractivity contribution >= 4 is 0 Å². The van der Waals surface area contributed by atoms with Crippen molar-refractivity contribution < 1.29 is 0 Å². The van der Waals surface area contributed by atoms with Gasteiger partial charge in [-0.05, 0) is 53.0 Å². The molecular weight excluding hydrogens is 172 g/mol. The van der Waals surface area contributed by atoms with Crippen molar-refractivity contribution in [1.29, 1.82) is 0 Å². The predicted molar refractivity (Wildman–Crippen MR) is 62.4 cm³/mol. The average Bonchev–Trinajstić information content (AvgIpc) is 2.45. The van der Waals surface area contributed by atoms with E-state index in [9.17, 15) is 0 Å². The molecule has 2 heteroatoms. The summed E-state index contributed by atoms with van der Waals surface area (Å²) in [6.45, 7) is 7.68. The van der Waals surface area contributed by atoms with Crippen LogP contribution in [0, 0.1) is 0 Å². The monoisotopic (exact) mass is 198 g/mol. The molecule has 0 saturated heterocycles. The molecule has 1 aliphatic carbocycles. The van der Waals surface area contributed by atoms with Crippen molar-refractivity contribution in [2.75, 3.05) is 6.54 Å². The molecule has 3 N–H and O–H groups in total. The summed E-state index contributed by atoms with van der Waals surface area (Å²) in [5.41, 5.74) is 6.36. The van der Waals surface area contributed by atoms with Gasteiger partial charge in [0.15, 0.2) is 0 Å². The van der Waals surface area contributed by atoms with Gasteiger partial charge >= 0.3 is 0 Å². The van der Waals surface area contributed by atoms with E-state index in [0.29, 0.717) is 5.54 Å². The first kappa shape index (κ1) is 12.0. The van der Waals surface area contributed by atoms with E-state index in [2.05, 4.69) is 26.1 Å². The fraction of sp³-hybridized carbons (Fsp3) is 1.00. The largest absolute Gasteiger partial charge is 0.326 e. The Morgan fingerprint density at radius 1 is 1.29 bits per heavy atom. The Labute approximate surface area is 88.6 Å². The molecule has 0 radical (unpaired) electrons. The molecule has 0 aromatic rings. The van der Waals surface area contributed by atoms with Gasteiger partial charge in [-0.1, -0.05) is 12.8 Å². The van der Waals surface area contributed by atoms with E-state index in [-0.39, 0.29) is 5.54 Å². The third kappa shape index (κ3) is 4.43. The average molecular weight is 198 g/mol. The second kappa shape index (κ2) is 4.63. The molecule has 2 nitrogen and oxygen atoms in total. The van der Waals surface area contributed by atoms with Crippen molar-refractivity contribution in [2.45, 2.75) is 70.4 Å². The third-order valence-corrected chi connectivity index (χ3v) is 3.26. The highest BCUT2D eigenvalue weighted by atomic mass is 15.0. The van der Waals surface area contributed by atoms with Crippen LogP contribution in [-0.2, 0) is 0 Å². The van der Waals surface area contributed by atoms with Crippen LogP contribution in [0.25, 0.3) is 0 Å². The summed E-state index contributed by atoms with van der Waals surface area (Å²) in [5, 5.41) is 3.68. The van der Waals surface area contributed by atoms with E-state index in [1.54, 1.807) is 0 Å². The smallest absolute Gasteiger partial charge is 0.0153 e. The van der Waals surface area contributed by atoms with E-state index >= 15 is 0 Å². The van der Waals surface area contributed by atoms with Crippen LogP contribution in [0.2, 0.25) is 0 Å². The Morgan fingerprint density at radius 3 is 2.36 bits per heavy atom. The lowest BCUT2D eigenvalue weighted by Gasteiger charge is -2.26. The second-order valence-corrected chi connectivity index (χ2v) is 5.79. The Balaban J connectivity index is 2.09. The number of nitrogens with two attached hydrogens (primary N) is 1. The summed E-state index contributed by atoms with van der Waals surface area (Å²) in [5.74, 6) is 0. The van der Waals surface area contributed by atoms with Gasteiger partial charge in [-0.2, -0.15) is 0 Å². The molecule has 1 fully saturated rings. The van der Waals surface area contributed by atoms with Crippen molar-refractivity contribution in [3.05, 3.63) is 0 Å². The van der Waals surface area contributed by atoms with Crippen LogP contribution in [-0.4, -0.2) is 17.6 Å². The van der Waals surface area contributed by atoms with Crippen molar-refractivity contribution in [3.63, 3.8) is 0 Å². The van der Waals surface area contributed by atoms with Crippen LogP contribution >= 0.6 is 0 Å². The standard InChI is InChI=1S/C12H26N2/c1-11(2,13)7-6-10-14-12(3)8-4-5-9-12/h14H,4-10,13H2,1-3H3. The lowest BCUT2D eigenvalue weighted by atomic mass is 9.98. The van der Waals surface area contributed by atoms with Crippen molar-refractivity contribution in [1.82, 2.24) is 5.32 Å². The lowest BCUT2D eigenvalue weighted by Crippen LogP contribution is -2.41. The first-order valence-corrected chi connectivity index (χ1v) is 5.95. The molecule has 0 aliphatic heterocycles. The molecular formula is C12H26N2. The molecule has 0 unspecified atom stereocenters. The van der Waals surface area contributed by atoms with Crippen LogP contribution < -0.4 is 11.1 Å². The topological polar surface area (TPSA) is 38.0 Å². The molecule has 0 spiro atoms. The molecule has 14 heavy (non-hydrogen) atoms. The highest BCUT2D eigenvalue weighted by Crippen LogP contribution is 2.28. The Kier molecular flexibility index (Phi) is 3.96. The Bertz CT molecular complexity index is 164. The highest BCUT2D eigenvalue weighted by molar-refractivity contribution is 4.88. The van der Waals surface area contributed by atoms with Gasteiger partial charge in [-0.25, -0.2) is 0 Å². The number of hydrogen-bond acceptors (Lipinski definition) is 2. The molecule has 1 rings (SSSR count). The summed E-state index contributed by atoms with van der Waals surface area (Å²) >= 11 is 0. The minimum Gasteiger partial charge on any atom is -0.326 e. The van der Waals surface area contributed by atoms with Gasteiger partial charge in [0.05, 0.1) is 0 Å². The maximum Gasteiger partial charge on any atom is 0.0153 e. The third-order valence-electron chi connectivity index (χ3n) is 3.26. The quantitative estimate of drug-likeness (QED) is 0.666. The highest BCUT2D eigenvalue weighted by Gasteiger charge is 2.27. The van der Waals surface area contributed by atoms with Crippen molar-refractivity contribution in [3.8, 4) is 0 Å².